The molecular formula is C48H82NO16PS. The van der Waals surface area contributed by atoms with Crippen molar-refractivity contribution in [2.75, 3.05) is 19.0 Å². The van der Waals surface area contributed by atoms with Crippen molar-refractivity contribution in [2.24, 2.45) is 5.73 Å². The van der Waals surface area contributed by atoms with Gasteiger partial charge in [0.05, 0.1) is 12.7 Å². The second kappa shape index (κ2) is 38.1. The molecule has 1 fully saturated rings. The number of carbonyl (C=O) groups is 3. The van der Waals surface area contributed by atoms with E-state index in [4.69, 9.17) is 29.4 Å². The number of aliphatic hydroxyl groups excluding tert-OH is 6. The number of aliphatic carboxylic acids is 1. The highest BCUT2D eigenvalue weighted by Gasteiger charge is 2.51. The van der Waals surface area contributed by atoms with Crippen molar-refractivity contribution in [1.82, 2.24) is 0 Å². The molecule has 386 valence electrons. The average Bonchev–Trinajstić information content (AvgIpc) is 3.29. The lowest BCUT2D eigenvalue weighted by molar-refractivity contribution is -0.220. The van der Waals surface area contributed by atoms with Gasteiger partial charge in [0.15, 0.2) is 6.10 Å². The number of hydrogen-bond donors (Lipinski definition) is 9. The van der Waals surface area contributed by atoms with Crippen LogP contribution in [-0.2, 0) is 37.5 Å². The molecule has 17 nitrogen and oxygen atoms in total. The number of rotatable bonds is 39. The van der Waals surface area contributed by atoms with E-state index in [1.54, 1.807) is 18.2 Å². The maximum absolute atomic E-state index is 13.1. The minimum Gasteiger partial charge on any atom is -0.481 e. The number of allylic oxidation sites excluding steroid dienone is 9. The highest BCUT2D eigenvalue weighted by Crippen LogP contribution is 2.47. The van der Waals surface area contributed by atoms with Crippen LogP contribution in [0.5, 0.6) is 0 Å². The number of phosphoric ester groups is 1. The molecule has 1 saturated carbocycles. The van der Waals surface area contributed by atoms with E-state index >= 15 is 0 Å². The monoisotopic (exact) mass is 992 g/mol. The number of carbonyl (C=O) groups excluding carboxylic acids is 2. The van der Waals surface area contributed by atoms with Crippen LogP contribution in [0, 0.1) is 0 Å². The lowest BCUT2D eigenvalue weighted by Crippen LogP contribution is -2.64. The maximum Gasteiger partial charge on any atom is 0.472 e. The van der Waals surface area contributed by atoms with Crippen LogP contribution < -0.4 is 5.73 Å². The third-order valence-electron chi connectivity index (χ3n) is 10.8. The quantitative estimate of drug-likeness (QED) is 0.0108. The fourth-order valence-electron chi connectivity index (χ4n) is 6.78. The Morgan fingerprint density at radius 2 is 1.24 bits per heavy atom. The zero-order chi connectivity index (χ0) is 49.9. The van der Waals surface area contributed by atoms with Crippen molar-refractivity contribution < 1.29 is 78.1 Å². The Bertz CT molecular complexity index is 1530. The van der Waals surface area contributed by atoms with E-state index in [1.165, 1.54) is 44.9 Å². The number of thioether (sulfide) groups is 1. The van der Waals surface area contributed by atoms with Crippen molar-refractivity contribution in [1.29, 1.82) is 0 Å². The topological polar surface area (TPSA) is 293 Å². The molecule has 0 aromatic heterocycles. The third kappa shape index (κ3) is 29.8. The molecule has 0 saturated heterocycles. The van der Waals surface area contributed by atoms with Gasteiger partial charge in [-0.05, 0) is 64.2 Å². The first kappa shape index (κ1) is 62.3. The molecular weight excluding hydrogens is 910 g/mol. The summed E-state index contributed by atoms with van der Waals surface area (Å²) in [7, 11) is -5.26. The number of unbranched alkanes of at least 4 members (excludes halogenated alkanes) is 12. The molecule has 3 unspecified atom stereocenters. The molecule has 0 spiro atoms. The van der Waals surface area contributed by atoms with E-state index in [0.717, 1.165) is 63.1 Å². The van der Waals surface area contributed by atoms with Gasteiger partial charge in [-0.1, -0.05) is 126 Å². The normalized spacial score (nSPS) is 23.0. The number of nitrogens with two attached hydrogens (primary N) is 1. The molecule has 0 bridgehead atoms. The summed E-state index contributed by atoms with van der Waals surface area (Å²) in [4.78, 5) is 47.5. The van der Waals surface area contributed by atoms with Crippen LogP contribution in [0.2, 0.25) is 0 Å². The zero-order valence-corrected chi connectivity index (χ0v) is 41.3. The van der Waals surface area contributed by atoms with Crippen molar-refractivity contribution >= 4 is 37.5 Å². The molecule has 19 heteroatoms. The lowest BCUT2D eigenvalue weighted by Gasteiger charge is -2.41. The van der Waals surface area contributed by atoms with Gasteiger partial charge in [0.25, 0.3) is 0 Å². The predicted octanol–water partition coefficient (Wildman–Crippen LogP) is 6.26. The standard InChI is InChI=1S/C48H82NO16PS/c1-3-5-7-9-11-13-15-17-19-21-23-25-27-32-41(53)64-36(34-63-66(60,61)65-47-45(57)43(55)42(54)44(56)46(47)58)33-62-48(59)37(49)35-67-39(38(50)29-28-31-40(51)52)30-26-24-22-20-18-16-14-12-10-8-6-4-2/h12-15,18,20,22,24,26,30,36-39,42-47,50,54-58H,3-11,16-17,19,21,23,25,27-29,31-35,49H2,1-2H3,(H,51,52)(H,60,61)/b14-12-,15-13-,20-18-,24-22+,30-26+/t36-,37+,38+,39-,42?,43-,44+,45-,46-,47?/m1/s1. The zero-order valence-electron chi connectivity index (χ0n) is 39.6. The van der Waals surface area contributed by atoms with Crippen molar-refractivity contribution in [3.63, 3.8) is 0 Å². The van der Waals surface area contributed by atoms with E-state index < -0.39 is 99.1 Å². The average molecular weight is 992 g/mol. The number of hydrogen-bond acceptors (Lipinski definition) is 16. The van der Waals surface area contributed by atoms with Crippen molar-refractivity contribution in [3.8, 4) is 0 Å². The van der Waals surface area contributed by atoms with Gasteiger partial charge in [-0.2, -0.15) is 0 Å². The Labute approximate surface area is 402 Å². The van der Waals surface area contributed by atoms with Crippen LogP contribution in [0.15, 0.2) is 60.8 Å². The van der Waals surface area contributed by atoms with Crippen LogP contribution in [0.1, 0.15) is 142 Å². The first-order valence-corrected chi connectivity index (χ1v) is 26.6. The van der Waals surface area contributed by atoms with Gasteiger partial charge >= 0.3 is 25.7 Å². The van der Waals surface area contributed by atoms with E-state index in [0.29, 0.717) is 6.42 Å². The second-order valence-corrected chi connectivity index (χ2v) is 19.4. The van der Waals surface area contributed by atoms with E-state index in [9.17, 15) is 54.5 Å². The number of phosphoric acid groups is 1. The molecule has 11 atom stereocenters. The molecule has 1 aliphatic carbocycles. The Kier molecular flexibility index (Phi) is 35.4. The molecule has 67 heavy (non-hydrogen) atoms. The smallest absolute Gasteiger partial charge is 0.472 e. The number of carboxylic acid groups (broad SMARTS) is 1. The van der Waals surface area contributed by atoms with Crippen LogP contribution in [0.3, 0.4) is 0 Å². The minimum atomic E-state index is -5.26. The second-order valence-electron chi connectivity index (χ2n) is 16.8. The number of aliphatic hydroxyl groups is 6. The van der Waals surface area contributed by atoms with E-state index in [-0.39, 0.29) is 31.4 Å². The summed E-state index contributed by atoms with van der Waals surface area (Å²) in [5.41, 5.74) is 6.17. The first-order valence-electron chi connectivity index (χ1n) is 24.0. The molecule has 0 aliphatic heterocycles. The molecule has 0 radical (unpaired) electrons. The molecule has 0 aromatic rings. The number of ether oxygens (including phenoxy) is 2. The number of esters is 2. The minimum absolute atomic E-state index is 0.0180. The van der Waals surface area contributed by atoms with Crippen LogP contribution in [-0.4, -0.2) is 138 Å². The van der Waals surface area contributed by atoms with Crippen LogP contribution >= 0.6 is 19.6 Å². The van der Waals surface area contributed by atoms with Crippen molar-refractivity contribution in [3.05, 3.63) is 60.8 Å². The first-order chi connectivity index (χ1) is 32.0. The SMILES string of the molecule is CCCCC/C=C\C\C=C/C=C/C=C/[C@@H](SC[C@H](N)C(=O)OC[C@H](COP(=O)(O)OC1[C@H](O)[C@H](O)C(O)[C@H](O)[C@H]1O)OC(=O)CCCCCCC/C=C\CCCCCC)[C@@H](O)CCCC(=O)O. The van der Waals surface area contributed by atoms with Gasteiger partial charge in [-0.15, -0.1) is 11.8 Å². The predicted molar refractivity (Wildman–Crippen MR) is 259 cm³/mol. The Hall–Kier alpha value is -2.71. The van der Waals surface area contributed by atoms with Gasteiger partial charge in [0, 0.05) is 23.8 Å². The molecule has 0 amide bonds. The molecule has 1 rings (SSSR count). The highest BCUT2D eigenvalue weighted by molar-refractivity contribution is 8.00. The Morgan fingerprint density at radius 3 is 1.88 bits per heavy atom. The molecule has 10 N–H and O–H groups in total. The third-order valence-corrected chi connectivity index (χ3v) is 13.2. The molecule has 0 aromatic carbocycles. The summed E-state index contributed by atoms with van der Waals surface area (Å²) < 4.78 is 33.6. The summed E-state index contributed by atoms with van der Waals surface area (Å²) in [6.07, 6.45) is 21.6. The molecule has 0 heterocycles. The fourth-order valence-corrected chi connectivity index (χ4v) is 8.88. The summed E-state index contributed by atoms with van der Waals surface area (Å²) in [6.45, 7) is 2.79. The van der Waals surface area contributed by atoms with Gasteiger partial charge < -0.3 is 55.8 Å². The van der Waals surface area contributed by atoms with Crippen molar-refractivity contribution in [2.45, 2.75) is 202 Å². The van der Waals surface area contributed by atoms with E-state index in [2.05, 4.69) is 38.2 Å². The molecule has 1 aliphatic rings. The summed E-state index contributed by atoms with van der Waals surface area (Å²) in [5, 5.41) is 69.8. The van der Waals surface area contributed by atoms with Gasteiger partial charge in [0.2, 0.25) is 0 Å². The van der Waals surface area contributed by atoms with Gasteiger partial charge in [-0.3, -0.25) is 23.4 Å². The van der Waals surface area contributed by atoms with Gasteiger partial charge in [0.1, 0.15) is 49.3 Å². The van der Waals surface area contributed by atoms with Crippen LogP contribution in [0.25, 0.3) is 0 Å². The van der Waals surface area contributed by atoms with E-state index in [1.807, 2.05) is 18.2 Å². The Balaban J connectivity index is 2.90. The maximum atomic E-state index is 13.1. The summed E-state index contributed by atoms with van der Waals surface area (Å²) >= 11 is 1.14. The van der Waals surface area contributed by atoms with Crippen LogP contribution in [0.4, 0.5) is 0 Å². The Morgan fingerprint density at radius 1 is 0.687 bits per heavy atom. The fraction of sp³-hybridized carbons (Fsp3) is 0.729. The van der Waals surface area contributed by atoms with Gasteiger partial charge in [-0.25, -0.2) is 4.57 Å². The number of carboxylic acids is 1. The summed E-state index contributed by atoms with van der Waals surface area (Å²) in [5.74, 6) is -2.70. The summed E-state index contributed by atoms with van der Waals surface area (Å²) in [6, 6.07) is -1.26. The lowest BCUT2D eigenvalue weighted by atomic mass is 9.85. The largest absolute Gasteiger partial charge is 0.481 e. The highest BCUT2D eigenvalue weighted by atomic mass is 32.2.